The van der Waals surface area contributed by atoms with Crippen molar-refractivity contribution in [3.05, 3.63) is 18.6 Å². The van der Waals surface area contributed by atoms with Crippen LogP contribution in [0.2, 0.25) is 0 Å². The molecule has 12 heavy (non-hydrogen) atoms. The number of nitrogens with zero attached hydrogens (tertiary/aromatic N) is 4. The van der Waals surface area contributed by atoms with Crippen LogP contribution in [0.1, 0.15) is 0 Å². The fourth-order valence-corrected chi connectivity index (χ4v) is 0.920. The first-order valence-corrected chi connectivity index (χ1v) is 3.27. The van der Waals surface area contributed by atoms with Crippen molar-refractivity contribution < 1.29 is 4.79 Å². The maximum absolute atomic E-state index is 10.2. The Hall–Kier alpha value is -1.98. The van der Waals surface area contributed by atoms with Gasteiger partial charge in [0.15, 0.2) is 0 Å². The molecule has 2 aromatic rings. The molecule has 2 rings (SSSR count). The molecule has 1 amide bonds. The van der Waals surface area contributed by atoms with Crippen LogP contribution in [-0.4, -0.2) is 26.0 Å². The Labute approximate surface area is 67.3 Å². The number of amides is 1. The molecule has 0 fully saturated rings. The molecule has 0 radical (unpaired) electrons. The Bertz CT molecular complexity index is 409. The second kappa shape index (κ2) is 2.57. The van der Waals surface area contributed by atoms with E-state index >= 15 is 0 Å². The fourth-order valence-electron chi connectivity index (χ4n) is 0.920. The van der Waals surface area contributed by atoms with Crippen molar-refractivity contribution in [2.45, 2.75) is 0 Å². The zero-order valence-electron chi connectivity index (χ0n) is 6.01. The van der Waals surface area contributed by atoms with Crippen LogP contribution >= 0.6 is 0 Å². The number of carbonyl (C=O) groups is 1. The van der Waals surface area contributed by atoms with E-state index in [4.69, 9.17) is 0 Å². The first kappa shape index (κ1) is 6.71. The van der Waals surface area contributed by atoms with Gasteiger partial charge >= 0.3 is 0 Å². The first-order valence-electron chi connectivity index (χ1n) is 3.27. The summed E-state index contributed by atoms with van der Waals surface area (Å²) >= 11 is 0. The van der Waals surface area contributed by atoms with Crippen molar-refractivity contribution in [3.8, 4) is 0 Å². The molecule has 0 unspecified atom stereocenters. The predicted molar refractivity (Wildman–Crippen MR) is 40.5 cm³/mol. The summed E-state index contributed by atoms with van der Waals surface area (Å²) < 4.78 is 1.58. The van der Waals surface area contributed by atoms with Crippen LogP contribution in [0.4, 0.5) is 5.82 Å². The van der Waals surface area contributed by atoms with Gasteiger partial charge in [0.1, 0.15) is 12.1 Å². The van der Waals surface area contributed by atoms with Gasteiger partial charge in [0, 0.05) is 6.20 Å². The molecule has 0 saturated carbocycles. The van der Waals surface area contributed by atoms with Crippen molar-refractivity contribution in [3.63, 3.8) is 0 Å². The summed E-state index contributed by atoms with van der Waals surface area (Å²) in [5, 5.41) is 9.85. The number of anilines is 1. The molecule has 60 valence electrons. The number of rotatable bonds is 2. The Morgan fingerprint density at radius 3 is 3.33 bits per heavy atom. The highest BCUT2D eigenvalue weighted by atomic mass is 16.1. The van der Waals surface area contributed by atoms with E-state index in [0.29, 0.717) is 18.0 Å². The molecule has 0 aromatic carbocycles. The van der Waals surface area contributed by atoms with E-state index in [2.05, 4.69) is 20.5 Å². The average Bonchev–Trinajstić information content (AvgIpc) is 2.53. The van der Waals surface area contributed by atoms with Crippen LogP contribution < -0.4 is 5.32 Å². The Balaban J connectivity index is 2.65. The van der Waals surface area contributed by atoms with Gasteiger partial charge in [0.25, 0.3) is 5.78 Å². The van der Waals surface area contributed by atoms with Gasteiger partial charge in [-0.2, -0.15) is 0 Å². The SMILES string of the molecule is O=CNc1ccnc2nncn12. The van der Waals surface area contributed by atoms with E-state index in [9.17, 15) is 4.79 Å². The summed E-state index contributed by atoms with van der Waals surface area (Å²) in [6.45, 7) is 0. The van der Waals surface area contributed by atoms with Crippen molar-refractivity contribution in [1.29, 1.82) is 0 Å². The minimum atomic E-state index is 0.460. The number of hydrogen-bond acceptors (Lipinski definition) is 4. The molecular formula is C6H5N5O. The summed E-state index contributed by atoms with van der Waals surface area (Å²) in [5.74, 6) is 1.06. The summed E-state index contributed by atoms with van der Waals surface area (Å²) in [4.78, 5) is 14.1. The third-order valence-electron chi connectivity index (χ3n) is 1.42. The molecule has 0 aliphatic carbocycles. The molecule has 0 spiro atoms. The zero-order valence-corrected chi connectivity index (χ0v) is 6.01. The van der Waals surface area contributed by atoms with Gasteiger partial charge in [-0.15, -0.1) is 10.2 Å². The predicted octanol–water partition coefficient (Wildman–Crippen LogP) is -0.307. The number of hydrogen-bond donors (Lipinski definition) is 1. The number of carbonyl (C=O) groups excluding carboxylic acids is 1. The van der Waals surface area contributed by atoms with E-state index in [-0.39, 0.29) is 0 Å². The minimum Gasteiger partial charge on any atom is -0.314 e. The third-order valence-corrected chi connectivity index (χ3v) is 1.42. The largest absolute Gasteiger partial charge is 0.314 e. The lowest BCUT2D eigenvalue weighted by atomic mass is 10.6. The highest BCUT2D eigenvalue weighted by Crippen LogP contribution is 2.05. The van der Waals surface area contributed by atoms with Crippen molar-refractivity contribution in [1.82, 2.24) is 19.6 Å². The number of fused-ring (bicyclic) bond motifs is 1. The van der Waals surface area contributed by atoms with Crippen LogP contribution in [0.3, 0.4) is 0 Å². The second-order valence-corrected chi connectivity index (χ2v) is 2.09. The van der Waals surface area contributed by atoms with Gasteiger partial charge in [-0.1, -0.05) is 0 Å². The molecule has 2 aromatic heterocycles. The zero-order chi connectivity index (χ0) is 8.39. The second-order valence-electron chi connectivity index (χ2n) is 2.09. The monoisotopic (exact) mass is 163 g/mol. The molecule has 0 saturated heterocycles. The summed E-state index contributed by atoms with van der Waals surface area (Å²) in [6, 6.07) is 1.66. The molecule has 0 aliphatic rings. The van der Waals surface area contributed by atoms with Crippen molar-refractivity contribution in [2.24, 2.45) is 0 Å². The van der Waals surface area contributed by atoms with Crippen LogP contribution in [0.5, 0.6) is 0 Å². The lowest BCUT2D eigenvalue weighted by Gasteiger charge is -1.99. The van der Waals surface area contributed by atoms with Crippen molar-refractivity contribution in [2.75, 3.05) is 5.32 Å². The lowest BCUT2D eigenvalue weighted by Crippen LogP contribution is -2.00. The molecule has 0 bridgehead atoms. The summed E-state index contributed by atoms with van der Waals surface area (Å²) in [5.41, 5.74) is 0. The van der Waals surface area contributed by atoms with Gasteiger partial charge in [-0.3, -0.25) is 9.20 Å². The quantitative estimate of drug-likeness (QED) is 0.616. The molecule has 6 heteroatoms. The van der Waals surface area contributed by atoms with Crippen LogP contribution in [-0.2, 0) is 4.79 Å². The molecule has 0 atom stereocenters. The van der Waals surface area contributed by atoms with Crippen molar-refractivity contribution >= 4 is 18.0 Å². The summed E-state index contributed by atoms with van der Waals surface area (Å²) in [7, 11) is 0. The van der Waals surface area contributed by atoms with Gasteiger partial charge in [0.2, 0.25) is 6.41 Å². The van der Waals surface area contributed by atoms with Crippen LogP contribution in [0.25, 0.3) is 5.78 Å². The molecule has 1 N–H and O–H groups in total. The van der Waals surface area contributed by atoms with E-state index in [0.717, 1.165) is 0 Å². The van der Waals surface area contributed by atoms with Gasteiger partial charge < -0.3 is 5.32 Å². The van der Waals surface area contributed by atoms with Gasteiger partial charge in [-0.05, 0) is 6.07 Å². The lowest BCUT2D eigenvalue weighted by molar-refractivity contribution is -0.105. The van der Waals surface area contributed by atoms with Gasteiger partial charge in [0.05, 0.1) is 0 Å². The Morgan fingerprint density at radius 1 is 1.58 bits per heavy atom. The topological polar surface area (TPSA) is 72.2 Å². The average molecular weight is 163 g/mol. The van der Waals surface area contributed by atoms with Gasteiger partial charge in [-0.25, -0.2) is 4.98 Å². The van der Waals surface area contributed by atoms with E-state index in [1.165, 1.54) is 6.33 Å². The highest BCUT2D eigenvalue weighted by molar-refractivity contribution is 5.69. The molecule has 0 aliphatic heterocycles. The Kier molecular flexibility index (Phi) is 1.44. The standard InChI is InChI=1S/C6H5N5O/c12-4-8-5-1-2-7-6-10-9-3-11(5)6/h1-4H,(H,8,12). The minimum absolute atomic E-state index is 0.460. The number of aromatic nitrogens is 4. The highest BCUT2D eigenvalue weighted by Gasteiger charge is 1.99. The normalized spacial score (nSPS) is 10.0. The molecule has 6 nitrogen and oxygen atoms in total. The smallest absolute Gasteiger partial charge is 0.256 e. The maximum Gasteiger partial charge on any atom is 0.256 e. The van der Waals surface area contributed by atoms with Crippen LogP contribution in [0.15, 0.2) is 18.6 Å². The number of nitrogens with one attached hydrogen (secondary N) is 1. The van der Waals surface area contributed by atoms with E-state index in [1.54, 1.807) is 16.7 Å². The Morgan fingerprint density at radius 2 is 2.50 bits per heavy atom. The fraction of sp³-hybridized carbons (Fsp3) is 0. The first-order chi connectivity index (χ1) is 5.92. The summed E-state index contributed by atoms with van der Waals surface area (Å²) in [6.07, 6.45) is 3.62. The molecule has 2 heterocycles. The molecular weight excluding hydrogens is 158 g/mol. The maximum atomic E-state index is 10.2. The van der Waals surface area contributed by atoms with E-state index < -0.39 is 0 Å². The third kappa shape index (κ3) is 0.895. The van der Waals surface area contributed by atoms with E-state index in [1.807, 2.05) is 0 Å². The van der Waals surface area contributed by atoms with Crippen LogP contribution in [0, 0.1) is 0 Å².